The van der Waals surface area contributed by atoms with E-state index in [1.807, 2.05) is 11.3 Å². The standard InChI is InChI=1S/C17H22S/c1-2-3-4-5-6-8-15-10-12-16(13-11-15)17-9-7-14-18-17/h7,9-14H,2-6,8H2,1H3. The second kappa shape index (κ2) is 7.38. The maximum absolute atomic E-state index is 2.29. The number of thiophene rings is 1. The molecular weight excluding hydrogens is 236 g/mol. The van der Waals surface area contributed by atoms with Crippen LogP contribution in [-0.2, 0) is 6.42 Å². The van der Waals surface area contributed by atoms with Crippen molar-refractivity contribution in [1.82, 2.24) is 0 Å². The van der Waals surface area contributed by atoms with Crippen LogP contribution in [0.3, 0.4) is 0 Å². The van der Waals surface area contributed by atoms with Gasteiger partial charge in [0.2, 0.25) is 0 Å². The van der Waals surface area contributed by atoms with E-state index in [9.17, 15) is 0 Å². The Morgan fingerprint density at radius 2 is 1.67 bits per heavy atom. The molecule has 0 aliphatic heterocycles. The summed E-state index contributed by atoms with van der Waals surface area (Å²) in [7, 11) is 0. The van der Waals surface area contributed by atoms with Crippen molar-refractivity contribution in [2.75, 3.05) is 0 Å². The highest BCUT2D eigenvalue weighted by Crippen LogP contribution is 2.25. The summed E-state index contributed by atoms with van der Waals surface area (Å²) < 4.78 is 0. The Balaban J connectivity index is 1.81. The minimum atomic E-state index is 1.23. The number of unbranched alkanes of at least 4 members (excludes halogenated alkanes) is 4. The summed E-state index contributed by atoms with van der Waals surface area (Å²) in [5.41, 5.74) is 2.83. The zero-order chi connectivity index (χ0) is 12.6. The van der Waals surface area contributed by atoms with Crippen LogP contribution in [0.5, 0.6) is 0 Å². The average molecular weight is 258 g/mol. The zero-order valence-corrected chi connectivity index (χ0v) is 12.0. The second-order valence-electron chi connectivity index (χ2n) is 4.84. The van der Waals surface area contributed by atoms with E-state index in [2.05, 4.69) is 48.7 Å². The molecule has 0 radical (unpaired) electrons. The summed E-state index contributed by atoms with van der Waals surface area (Å²) in [6, 6.07) is 13.4. The summed E-state index contributed by atoms with van der Waals surface area (Å²) in [5, 5.41) is 2.14. The van der Waals surface area contributed by atoms with Crippen LogP contribution in [0, 0.1) is 0 Å². The molecule has 2 rings (SSSR count). The predicted molar refractivity (Wildman–Crippen MR) is 82.2 cm³/mol. The van der Waals surface area contributed by atoms with Gasteiger partial charge >= 0.3 is 0 Å². The fraction of sp³-hybridized carbons (Fsp3) is 0.412. The van der Waals surface area contributed by atoms with E-state index in [4.69, 9.17) is 0 Å². The first kappa shape index (κ1) is 13.4. The fourth-order valence-corrected chi connectivity index (χ4v) is 2.94. The molecule has 2 aromatic rings. The van der Waals surface area contributed by atoms with Gasteiger partial charge in [-0.25, -0.2) is 0 Å². The van der Waals surface area contributed by atoms with Crippen LogP contribution in [0.25, 0.3) is 10.4 Å². The van der Waals surface area contributed by atoms with E-state index in [0.29, 0.717) is 0 Å². The molecule has 0 aliphatic carbocycles. The minimum Gasteiger partial charge on any atom is -0.144 e. The van der Waals surface area contributed by atoms with E-state index in [1.165, 1.54) is 54.5 Å². The molecule has 0 saturated heterocycles. The summed E-state index contributed by atoms with van der Waals surface area (Å²) >= 11 is 1.81. The summed E-state index contributed by atoms with van der Waals surface area (Å²) in [4.78, 5) is 1.37. The molecule has 0 fully saturated rings. The quantitative estimate of drug-likeness (QED) is 0.540. The lowest BCUT2D eigenvalue weighted by molar-refractivity contribution is 0.632. The van der Waals surface area contributed by atoms with E-state index in [-0.39, 0.29) is 0 Å². The molecular formula is C17H22S. The first-order chi connectivity index (χ1) is 8.90. The van der Waals surface area contributed by atoms with Crippen molar-refractivity contribution in [3.63, 3.8) is 0 Å². The van der Waals surface area contributed by atoms with E-state index in [1.54, 1.807) is 0 Å². The Kier molecular flexibility index (Phi) is 5.47. The van der Waals surface area contributed by atoms with Crippen LogP contribution >= 0.6 is 11.3 Å². The van der Waals surface area contributed by atoms with Crippen LogP contribution in [0.15, 0.2) is 41.8 Å². The highest BCUT2D eigenvalue weighted by Gasteiger charge is 1.99. The number of aryl methyl sites for hydroxylation is 1. The van der Waals surface area contributed by atoms with Crippen LogP contribution in [0.2, 0.25) is 0 Å². The Morgan fingerprint density at radius 3 is 2.33 bits per heavy atom. The molecule has 1 aromatic heterocycles. The summed E-state index contributed by atoms with van der Waals surface area (Å²) in [6.45, 7) is 2.27. The molecule has 1 heterocycles. The van der Waals surface area contributed by atoms with E-state index >= 15 is 0 Å². The van der Waals surface area contributed by atoms with Gasteiger partial charge in [0.25, 0.3) is 0 Å². The van der Waals surface area contributed by atoms with Crippen molar-refractivity contribution in [3.05, 3.63) is 47.3 Å². The molecule has 0 N–H and O–H groups in total. The molecule has 0 bridgehead atoms. The first-order valence-corrected chi connectivity index (χ1v) is 7.91. The Labute approximate surface area is 115 Å². The average Bonchev–Trinajstić information content (AvgIpc) is 2.93. The molecule has 0 atom stereocenters. The van der Waals surface area contributed by atoms with Crippen molar-refractivity contribution in [3.8, 4) is 10.4 Å². The third kappa shape index (κ3) is 3.99. The molecule has 0 amide bonds. The second-order valence-corrected chi connectivity index (χ2v) is 5.79. The molecule has 0 nitrogen and oxygen atoms in total. The van der Waals surface area contributed by atoms with Crippen molar-refractivity contribution in [2.24, 2.45) is 0 Å². The summed E-state index contributed by atoms with van der Waals surface area (Å²) in [5.74, 6) is 0. The van der Waals surface area contributed by atoms with Crippen molar-refractivity contribution in [1.29, 1.82) is 0 Å². The van der Waals surface area contributed by atoms with Gasteiger partial charge in [-0.1, -0.05) is 62.9 Å². The maximum Gasteiger partial charge on any atom is 0.0342 e. The smallest absolute Gasteiger partial charge is 0.0342 e. The first-order valence-electron chi connectivity index (χ1n) is 7.03. The predicted octanol–water partition coefficient (Wildman–Crippen LogP) is 5.93. The van der Waals surface area contributed by atoms with Crippen molar-refractivity contribution in [2.45, 2.75) is 45.4 Å². The molecule has 0 spiro atoms. The van der Waals surface area contributed by atoms with Crippen LogP contribution in [0.1, 0.15) is 44.6 Å². The minimum absolute atomic E-state index is 1.23. The molecule has 0 unspecified atom stereocenters. The van der Waals surface area contributed by atoms with Gasteiger partial charge in [-0.2, -0.15) is 0 Å². The summed E-state index contributed by atoms with van der Waals surface area (Å²) in [6.07, 6.45) is 8.05. The molecule has 18 heavy (non-hydrogen) atoms. The lowest BCUT2D eigenvalue weighted by Gasteiger charge is -2.03. The lowest BCUT2D eigenvalue weighted by Crippen LogP contribution is -1.86. The SMILES string of the molecule is CCCCCCCc1ccc(-c2cccs2)cc1. The number of hydrogen-bond acceptors (Lipinski definition) is 1. The van der Waals surface area contributed by atoms with Crippen molar-refractivity contribution >= 4 is 11.3 Å². The van der Waals surface area contributed by atoms with Gasteiger partial charge in [0, 0.05) is 4.88 Å². The Morgan fingerprint density at radius 1 is 0.889 bits per heavy atom. The van der Waals surface area contributed by atoms with Crippen LogP contribution < -0.4 is 0 Å². The monoisotopic (exact) mass is 258 g/mol. The van der Waals surface area contributed by atoms with Gasteiger partial charge < -0.3 is 0 Å². The van der Waals surface area contributed by atoms with Crippen LogP contribution in [0.4, 0.5) is 0 Å². The van der Waals surface area contributed by atoms with Crippen molar-refractivity contribution < 1.29 is 0 Å². The van der Waals surface area contributed by atoms with Gasteiger partial charge in [0.05, 0.1) is 0 Å². The van der Waals surface area contributed by atoms with Gasteiger partial charge in [0.1, 0.15) is 0 Å². The van der Waals surface area contributed by atoms with Gasteiger partial charge in [0.15, 0.2) is 0 Å². The normalized spacial score (nSPS) is 10.7. The molecule has 1 aromatic carbocycles. The van der Waals surface area contributed by atoms with Gasteiger partial charge in [-0.3, -0.25) is 0 Å². The number of benzene rings is 1. The third-order valence-electron chi connectivity index (χ3n) is 3.33. The lowest BCUT2D eigenvalue weighted by atomic mass is 10.0. The highest BCUT2D eigenvalue weighted by molar-refractivity contribution is 7.13. The molecule has 1 heteroatoms. The molecule has 96 valence electrons. The topological polar surface area (TPSA) is 0 Å². The van der Waals surface area contributed by atoms with Gasteiger partial charge in [-0.15, -0.1) is 11.3 Å². The largest absolute Gasteiger partial charge is 0.144 e. The Hall–Kier alpha value is -1.08. The van der Waals surface area contributed by atoms with Crippen LogP contribution in [-0.4, -0.2) is 0 Å². The highest BCUT2D eigenvalue weighted by atomic mass is 32.1. The maximum atomic E-state index is 2.29. The molecule has 0 saturated carbocycles. The zero-order valence-electron chi connectivity index (χ0n) is 11.2. The fourth-order valence-electron chi connectivity index (χ4n) is 2.21. The number of rotatable bonds is 7. The van der Waals surface area contributed by atoms with Gasteiger partial charge in [-0.05, 0) is 35.4 Å². The number of hydrogen-bond donors (Lipinski definition) is 0. The van der Waals surface area contributed by atoms with E-state index in [0.717, 1.165) is 0 Å². The van der Waals surface area contributed by atoms with E-state index < -0.39 is 0 Å². The third-order valence-corrected chi connectivity index (χ3v) is 4.25. The Bertz CT molecular complexity index is 425. The molecule has 0 aliphatic rings.